The lowest BCUT2D eigenvalue weighted by molar-refractivity contribution is 0.391. The molecule has 0 bridgehead atoms. The zero-order chi connectivity index (χ0) is 13.0. The van der Waals surface area contributed by atoms with Crippen LogP contribution in [0, 0.1) is 25.2 Å². The van der Waals surface area contributed by atoms with E-state index in [0.717, 1.165) is 17.0 Å². The molecule has 0 aliphatic rings. The highest BCUT2D eigenvalue weighted by molar-refractivity contribution is 7.98. The van der Waals surface area contributed by atoms with E-state index >= 15 is 0 Å². The maximum absolute atomic E-state index is 8.44. The Morgan fingerprint density at radius 3 is 2.67 bits per heavy atom. The van der Waals surface area contributed by atoms with Crippen molar-refractivity contribution < 1.29 is 4.52 Å². The quantitative estimate of drug-likeness (QED) is 0.786. The Hall–Kier alpha value is -1.87. The summed E-state index contributed by atoms with van der Waals surface area (Å²) in [6, 6.07) is 5.90. The SMILES string of the molecule is Cc1cc(-c2noc(CSCC#N)n2)cc(C)n1. The van der Waals surface area contributed by atoms with Gasteiger partial charge in [-0.15, -0.1) is 11.8 Å². The van der Waals surface area contributed by atoms with E-state index in [1.165, 1.54) is 11.8 Å². The van der Waals surface area contributed by atoms with Crippen molar-refractivity contribution in [2.75, 3.05) is 5.75 Å². The first kappa shape index (κ1) is 12.6. The molecule has 0 fully saturated rings. The first-order chi connectivity index (χ1) is 8.69. The summed E-state index contributed by atoms with van der Waals surface area (Å²) in [5.41, 5.74) is 2.76. The molecule has 0 aromatic carbocycles. The van der Waals surface area contributed by atoms with Crippen LogP contribution in [0.2, 0.25) is 0 Å². The van der Waals surface area contributed by atoms with Crippen molar-refractivity contribution in [3.05, 3.63) is 29.4 Å². The summed E-state index contributed by atoms with van der Waals surface area (Å²) in [4.78, 5) is 8.60. The number of aromatic nitrogens is 3. The second-order valence-corrected chi connectivity index (χ2v) is 4.79. The van der Waals surface area contributed by atoms with Crippen LogP contribution in [-0.2, 0) is 5.75 Å². The fraction of sp³-hybridized carbons (Fsp3) is 0.333. The highest BCUT2D eigenvalue weighted by atomic mass is 32.2. The summed E-state index contributed by atoms with van der Waals surface area (Å²) in [5, 5.41) is 12.4. The van der Waals surface area contributed by atoms with Crippen molar-refractivity contribution in [3.8, 4) is 17.5 Å². The molecular weight excluding hydrogens is 248 g/mol. The summed E-state index contributed by atoms with van der Waals surface area (Å²) in [7, 11) is 0. The van der Waals surface area contributed by atoms with Gasteiger partial charge in [0.15, 0.2) is 0 Å². The minimum Gasteiger partial charge on any atom is -0.338 e. The third kappa shape index (κ3) is 3.08. The Morgan fingerprint density at radius 2 is 2.00 bits per heavy atom. The molecular formula is C12H12N4OS. The topological polar surface area (TPSA) is 75.6 Å². The zero-order valence-corrected chi connectivity index (χ0v) is 11.0. The second-order valence-electron chi connectivity index (χ2n) is 3.80. The summed E-state index contributed by atoms with van der Waals surface area (Å²) in [6.45, 7) is 3.86. The van der Waals surface area contributed by atoms with Gasteiger partial charge >= 0.3 is 0 Å². The van der Waals surface area contributed by atoms with Crippen LogP contribution < -0.4 is 0 Å². The Kier molecular flexibility index (Phi) is 3.95. The highest BCUT2D eigenvalue weighted by Crippen LogP contribution is 2.19. The Balaban J connectivity index is 2.16. The number of nitriles is 1. The van der Waals surface area contributed by atoms with Crippen LogP contribution in [0.15, 0.2) is 16.7 Å². The fourth-order valence-corrected chi connectivity index (χ4v) is 2.06. The Morgan fingerprint density at radius 1 is 1.28 bits per heavy atom. The van der Waals surface area contributed by atoms with Crippen LogP contribution >= 0.6 is 11.8 Å². The van der Waals surface area contributed by atoms with Crippen molar-refractivity contribution in [2.24, 2.45) is 0 Å². The molecule has 92 valence electrons. The smallest absolute Gasteiger partial charge is 0.236 e. The van der Waals surface area contributed by atoms with Crippen LogP contribution in [0.5, 0.6) is 0 Å². The van der Waals surface area contributed by atoms with E-state index < -0.39 is 0 Å². The van der Waals surface area contributed by atoms with E-state index in [2.05, 4.69) is 21.2 Å². The molecule has 0 amide bonds. The molecule has 0 radical (unpaired) electrons. The first-order valence-corrected chi connectivity index (χ1v) is 6.57. The van der Waals surface area contributed by atoms with E-state index in [1.807, 2.05) is 26.0 Å². The standard InChI is InChI=1S/C12H12N4OS/c1-8-5-10(6-9(2)14-8)12-15-11(17-16-12)7-18-4-3-13/h5-6H,4,7H2,1-2H3. The first-order valence-electron chi connectivity index (χ1n) is 5.42. The molecule has 0 saturated carbocycles. The van der Waals surface area contributed by atoms with Gasteiger partial charge in [-0.2, -0.15) is 10.2 Å². The number of aryl methyl sites for hydroxylation is 2. The lowest BCUT2D eigenvalue weighted by Crippen LogP contribution is -1.89. The van der Waals surface area contributed by atoms with Crippen molar-refractivity contribution in [1.82, 2.24) is 15.1 Å². The van der Waals surface area contributed by atoms with Gasteiger partial charge in [0.2, 0.25) is 11.7 Å². The molecule has 5 nitrogen and oxygen atoms in total. The molecule has 6 heteroatoms. The number of hydrogen-bond acceptors (Lipinski definition) is 6. The average molecular weight is 260 g/mol. The van der Waals surface area contributed by atoms with Gasteiger partial charge in [0.1, 0.15) is 0 Å². The molecule has 0 atom stereocenters. The average Bonchev–Trinajstić information content (AvgIpc) is 2.77. The maximum Gasteiger partial charge on any atom is 0.236 e. The monoisotopic (exact) mass is 260 g/mol. The van der Waals surface area contributed by atoms with Crippen LogP contribution in [0.25, 0.3) is 11.4 Å². The lowest BCUT2D eigenvalue weighted by atomic mass is 10.2. The predicted octanol–water partition coefficient (Wildman–Crippen LogP) is 2.51. The van der Waals surface area contributed by atoms with E-state index in [0.29, 0.717) is 23.2 Å². The molecule has 0 unspecified atom stereocenters. The normalized spacial score (nSPS) is 10.3. The van der Waals surface area contributed by atoms with Gasteiger partial charge in [-0.3, -0.25) is 4.98 Å². The number of nitrogens with zero attached hydrogens (tertiary/aromatic N) is 4. The molecule has 0 saturated heterocycles. The molecule has 0 N–H and O–H groups in total. The van der Waals surface area contributed by atoms with E-state index in [1.54, 1.807) is 0 Å². The predicted molar refractivity (Wildman–Crippen MR) is 68.8 cm³/mol. The largest absolute Gasteiger partial charge is 0.338 e. The van der Waals surface area contributed by atoms with Crippen molar-refractivity contribution in [3.63, 3.8) is 0 Å². The van der Waals surface area contributed by atoms with Gasteiger partial charge in [0, 0.05) is 17.0 Å². The maximum atomic E-state index is 8.44. The third-order valence-electron chi connectivity index (χ3n) is 2.20. The summed E-state index contributed by atoms with van der Waals surface area (Å²) < 4.78 is 5.13. The second kappa shape index (κ2) is 5.65. The van der Waals surface area contributed by atoms with Gasteiger partial charge in [-0.1, -0.05) is 5.16 Å². The molecule has 18 heavy (non-hydrogen) atoms. The van der Waals surface area contributed by atoms with Crippen LogP contribution in [-0.4, -0.2) is 20.9 Å². The zero-order valence-electron chi connectivity index (χ0n) is 10.2. The van der Waals surface area contributed by atoms with Crippen molar-refractivity contribution in [2.45, 2.75) is 19.6 Å². The molecule has 0 aliphatic heterocycles. The third-order valence-corrected chi connectivity index (χ3v) is 2.98. The molecule has 2 aromatic rings. The number of hydrogen-bond donors (Lipinski definition) is 0. The van der Waals surface area contributed by atoms with Crippen LogP contribution in [0.3, 0.4) is 0 Å². The Labute approximate surface area is 109 Å². The van der Waals surface area contributed by atoms with Gasteiger partial charge < -0.3 is 4.52 Å². The summed E-state index contributed by atoms with van der Waals surface area (Å²) in [6.07, 6.45) is 0. The van der Waals surface area contributed by atoms with Gasteiger partial charge in [-0.25, -0.2) is 0 Å². The van der Waals surface area contributed by atoms with E-state index in [9.17, 15) is 0 Å². The minimum atomic E-state index is 0.422. The van der Waals surface area contributed by atoms with Gasteiger partial charge in [-0.05, 0) is 26.0 Å². The molecule has 0 spiro atoms. The minimum absolute atomic E-state index is 0.422. The van der Waals surface area contributed by atoms with Crippen LogP contribution in [0.1, 0.15) is 17.3 Å². The number of rotatable bonds is 4. The van der Waals surface area contributed by atoms with Crippen molar-refractivity contribution >= 4 is 11.8 Å². The highest BCUT2D eigenvalue weighted by Gasteiger charge is 2.09. The summed E-state index contributed by atoms with van der Waals surface area (Å²) >= 11 is 1.45. The fourth-order valence-electron chi connectivity index (χ4n) is 1.58. The number of thioether (sulfide) groups is 1. The number of pyridine rings is 1. The molecule has 0 aliphatic carbocycles. The molecule has 2 heterocycles. The van der Waals surface area contributed by atoms with Crippen molar-refractivity contribution in [1.29, 1.82) is 5.26 Å². The van der Waals surface area contributed by atoms with Crippen LogP contribution in [0.4, 0.5) is 0 Å². The Bertz CT molecular complexity index is 568. The molecule has 2 rings (SSSR count). The van der Waals surface area contributed by atoms with E-state index in [-0.39, 0.29) is 0 Å². The summed E-state index contributed by atoms with van der Waals surface area (Å²) in [5.74, 6) is 2.09. The van der Waals surface area contributed by atoms with Gasteiger partial charge in [0.25, 0.3) is 0 Å². The lowest BCUT2D eigenvalue weighted by Gasteiger charge is -1.98. The van der Waals surface area contributed by atoms with Gasteiger partial charge in [0.05, 0.1) is 17.6 Å². The van der Waals surface area contributed by atoms with E-state index in [4.69, 9.17) is 9.78 Å². The molecule has 2 aromatic heterocycles.